The second-order valence-electron chi connectivity index (χ2n) is 4.32. The number of aromatic nitrogens is 1. The summed E-state index contributed by atoms with van der Waals surface area (Å²) in [7, 11) is 0. The lowest BCUT2D eigenvalue weighted by atomic mass is 10.1. The quantitative estimate of drug-likeness (QED) is 0.902. The standard InChI is InChI=1S/C14H17NO2S/c1-10-5-11(2)7-13(6-10)17-8-14-15-12(3-4-16)9-18-14/h5-7,9,16H,3-4,8H2,1-2H3. The molecule has 0 spiro atoms. The van der Waals surface area contributed by atoms with Crippen molar-refractivity contribution >= 4 is 11.3 Å². The Bertz CT molecular complexity index is 502. The number of thiazole rings is 1. The van der Waals surface area contributed by atoms with Gasteiger partial charge in [0.1, 0.15) is 17.4 Å². The molecule has 0 saturated carbocycles. The monoisotopic (exact) mass is 263 g/mol. The second-order valence-corrected chi connectivity index (χ2v) is 5.26. The highest BCUT2D eigenvalue weighted by Gasteiger charge is 2.03. The number of aliphatic hydroxyl groups excluding tert-OH is 1. The predicted molar refractivity (Wildman–Crippen MR) is 73.2 cm³/mol. The summed E-state index contributed by atoms with van der Waals surface area (Å²) in [5.74, 6) is 0.881. The summed E-state index contributed by atoms with van der Waals surface area (Å²) in [4.78, 5) is 4.39. The molecule has 0 bridgehead atoms. The number of nitrogens with zero attached hydrogens (tertiary/aromatic N) is 1. The number of ether oxygens (including phenoxy) is 1. The molecule has 1 N–H and O–H groups in total. The first kappa shape index (κ1) is 13.1. The molecule has 0 fully saturated rings. The maximum absolute atomic E-state index is 8.83. The number of rotatable bonds is 5. The molecular formula is C14H17NO2S. The first-order valence-corrected chi connectivity index (χ1v) is 6.80. The van der Waals surface area contributed by atoms with Gasteiger partial charge in [-0.05, 0) is 37.1 Å². The van der Waals surface area contributed by atoms with Crippen molar-refractivity contribution in [1.29, 1.82) is 0 Å². The zero-order valence-corrected chi connectivity index (χ0v) is 11.5. The van der Waals surface area contributed by atoms with Crippen LogP contribution < -0.4 is 4.74 Å². The second kappa shape index (κ2) is 5.98. The van der Waals surface area contributed by atoms with Gasteiger partial charge in [0.05, 0.1) is 5.69 Å². The minimum Gasteiger partial charge on any atom is -0.486 e. The van der Waals surface area contributed by atoms with Crippen LogP contribution in [0.25, 0.3) is 0 Å². The minimum absolute atomic E-state index is 0.140. The fourth-order valence-electron chi connectivity index (χ4n) is 1.81. The zero-order chi connectivity index (χ0) is 13.0. The normalized spacial score (nSPS) is 10.6. The molecular weight excluding hydrogens is 246 g/mol. The third-order valence-corrected chi connectivity index (χ3v) is 3.40. The Labute approximate surface area is 111 Å². The molecule has 2 rings (SSSR count). The summed E-state index contributed by atoms with van der Waals surface area (Å²) in [5.41, 5.74) is 3.33. The van der Waals surface area contributed by atoms with Gasteiger partial charge in [-0.15, -0.1) is 11.3 Å². The summed E-state index contributed by atoms with van der Waals surface area (Å²) in [6.07, 6.45) is 0.611. The molecule has 0 aliphatic heterocycles. The van der Waals surface area contributed by atoms with Gasteiger partial charge in [-0.3, -0.25) is 0 Å². The van der Waals surface area contributed by atoms with Crippen molar-refractivity contribution in [3.8, 4) is 5.75 Å². The van der Waals surface area contributed by atoms with Gasteiger partial charge >= 0.3 is 0 Å². The topological polar surface area (TPSA) is 42.4 Å². The Morgan fingerprint density at radius 2 is 1.94 bits per heavy atom. The molecule has 0 aliphatic carbocycles. The van der Waals surface area contributed by atoms with E-state index in [2.05, 4.69) is 24.9 Å². The third-order valence-electron chi connectivity index (χ3n) is 2.52. The van der Waals surface area contributed by atoms with E-state index in [0.29, 0.717) is 13.0 Å². The summed E-state index contributed by atoms with van der Waals surface area (Å²) in [6, 6.07) is 6.17. The van der Waals surface area contributed by atoms with E-state index < -0.39 is 0 Å². The molecule has 0 aliphatic rings. The predicted octanol–water partition coefficient (Wildman–Crippen LogP) is 2.87. The Kier molecular flexibility index (Phi) is 4.33. The van der Waals surface area contributed by atoms with Crippen LogP contribution in [0.1, 0.15) is 21.8 Å². The van der Waals surface area contributed by atoms with Gasteiger partial charge in [-0.1, -0.05) is 6.07 Å². The van der Waals surface area contributed by atoms with E-state index in [1.54, 1.807) is 11.3 Å². The van der Waals surface area contributed by atoms with Crippen LogP contribution in [0.4, 0.5) is 0 Å². The van der Waals surface area contributed by atoms with Gasteiger partial charge in [-0.2, -0.15) is 0 Å². The van der Waals surface area contributed by atoms with E-state index in [-0.39, 0.29) is 6.61 Å². The average Bonchev–Trinajstić information content (AvgIpc) is 2.74. The van der Waals surface area contributed by atoms with E-state index in [1.807, 2.05) is 17.5 Å². The van der Waals surface area contributed by atoms with Crippen LogP contribution in [-0.2, 0) is 13.0 Å². The molecule has 1 heterocycles. The van der Waals surface area contributed by atoms with Crippen LogP contribution in [0.5, 0.6) is 5.75 Å². The fraction of sp³-hybridized carbons (Fsp3) is 0.357. The largest absolute Gasteiger partial charge is 0.486 e. The fourth-order valence-corrected chi connectivity index (χ4v) is 2.55. The molecule has 96 valence electrons. The van der Waals surface area contributed by atoms with Gasteiger partial charge in [0.2, 0.25) is 0 Å². The maximum atomic E-state index is 8.83. The average molecular weight is 263 g/mol. The van der Waals surface area contributed by atoms with Crippen LogP contribution in [0.15, 0.2) is 23.6 Å². The summed E-state index contributed by atoms with van der Waals surface area (Å²) >= 11 is 1.57. The first-order valence-electron chi connectivity index (χ1n) is 5.92. The van der Waals surface area contributed by atoms with Crippen molar-refractivity contribution in [2.45, 2.75) is 26.9 Å². The number of aryl methyl sites for hydroxylation is 2. The van der Waals surface area contributed by atoms with E-state index in [9.17, 15) is 0 Å². The highest BCUT2D eigenvalue weighted by molar-refractivity contribution is 7.09. The lowest BCUT2D eigenvalue weighted by Crippen LogP contribution is -1.97. The smallest absolute Gasteiger partial charge is 0.140 e. The van der Waals surface area contributed by atoms with Gasteiger partial charge in [0.25, 0.3) is 0 Å². The molecule has 0 unspecified atom stereocenters. The van der Waals surface area contributed by atoms with Gasteiger partial charge < -0.3 is 9.84 Å². The molecule has 4 heteroatoms. The highest BCUT2D eigenvalue weighted by Crippen LogP contribution is 2.19. The Morgan fingerprint density at radius 3 is 2.61 bits per heavy atom. The van der Waals surface area contributed by atoms with Crippen LogP contribution in [0.2, 0.25) is 0 Å². The van der Waals surface area contributed by atoms with Crippen molar-refractivity contribution in [3.05, 3.63) is 45.4 Å². The lowest BCUT2D eigenvalue weighted by Gasteiger charge is -2.06. The van der Waals surface area contributed by atoms with Gasteiger partial charge in [0.15, 0.2) is 0 Å². The zero-order valence-electron chi connectivity index (χ0n) is 10.6. The molecule has 18 heavy (non-hydrogen) atoms. The van der Waals surface area contributed by atoms with Crippen molar-refractivity contribution in [2.75, 3.05) is 6.61 Å². The number of hydrogen-bond donors (Lipinski definition) is 1. The Hall–Kier alpha value is -1.39. The van der Waals surface area contributed by atoms with Crippen molar-refractivity contribution in [1.82, 2.24) is 4.98 Å². The molecule has 2 aromatic rings. The lowest BCUT2D eigenvalue weighted by molar-refractivity contribution is 0.295. The maximum Gasteiger partial charge on any atom is 0.140 e. The Morgan fingerprint density at radius 1 is 1.22 bits per heavy atom. The first-order chi connectivity index (χ1) is 8.67. The molecule has 0 atom stereocenters. The van der Waals surface area contributed by atoms with Crippen LogP contribution in [-0.4, -0.2) is 16.7 Å². The third kappa shape index (κ3) is 3.55. The van der Waals surface area contributed by atoms with Crippen LogP contribution in [0, 0.1) is 13.8 Å². The van der Waals surface area contributed by atoms with Gasteiger partial charge in [-0.25, -0.2) is 4.98 Å². The molecule has 0 amide bonds. The van der Waals surface area contributed by atoms with Crippen molar-refractivity contribution in [3.63, 3.8) is 0 Å². The number of benzene rings is 1. The van der Waals surface area contributed by atoms with E-state index >= 15 is 0 Å². The minimum atomic E-state index is 0.140. The summed E-state index contributed by atoms with van der Waals surface area (Å²) in [6.45, 7) is 4.74. The van der Waals surface area contributed by atoms with E-state index in [1.165, 1.54) is 11.1 Å². The van der Waals surface area contributed by atoms with Crippen molar-refractivity contribution in [2.24, 2.45) is 0 Å². The molecule has 0 radical (unpaired) electrons. The molecule has 1 aromatic carbocycles. The molecule has 3 nitrogen and oxygen atoms in total. The van der Waals surface area contributed by atoms with Crippen molar-refractivity contribution < 1.29 is 9.84 Å². The molecule has 0 saturated heterocycles. The SMILES string of the molecule is Cc1cc(C)cc(OCc2nc(CCO)cs2)c1. The Balaban J connectivity index is 1.97. The summed E-state index contributed by atoms with van der Waals surface area (Å²) < 4.78 is 5.73. The van der Waals surface area contributed by atoms with E-state index in [4.69, 9.17) is 9.84 Å². The molecule has 1 aromatic heterocycles. The van der Waals surface area contributed by atoms with E-state index in [0.717, 1.165) is 16.5 Å². The van der Waals surface area contributed by atoms with Crippen LogP contribution in [0.3, 0.4) is 0 Å². The number of aliphatic hydroxyl groups is 1. The van der Waals surface area contributed by atoms with Gasteiger partial charge in [0, 0.05) is 18.4 Å². The highest BCUT2D eigenvalue weighted by atomic mass is 32.1. The summed E-state index contributed by atoms with van der Waals surface area (Å²) in [5, 5.41) is 11.7. The van der Waals surface area contributed by atoms with Crippen LogP contribution >= 0.6 is 11.3 Å². The number of hydrogen-bond acceptors (Lipinski definition) is 4.